The second-order valence-corrected chi connectivity index (χ2v) is 10.8. The van der Waals surface area contributed by atoms with E-state index in [0.29, 0.717) is 46.5 Å². The molecular weight excluding hydrogens is 486 g/mol. The van der Waals surface area contributed by atoms with E-state index in [0.717, 1.165) is 36.5 Å². The molecule has 0 bridgehead atoms. The van der Waals surface area contributed by atoms with E-state index in [4.69, 9.17) is 16.6 Å². The number of anilines is 1. The summed E-state index contributed by atoms with van der Waals surface area (Å²) in [7, 11) is 0. The van der Waals surface area contributed by atoms with E-state index < -0.39 is 5.97 Å². The topological polar surface area (TPSA) is 107 Å². The highest BCUT2D eigenvalue weighted by atomic mass is 35.5. The number of hydrogen-bond donors (Lipinski definition) is 3. The van der Waals surface area contributed by atoms with Gasteiger partial charge < -0.3 is 20.6 Å². The van der Waals surface area contributed by atoms with Crippen LogP contribution in [0.1, 0.15) is 56.8 Å². The lowest BCUT2D eigenvalue weighted by Gasteiger charge is -2.39. The van der Waals surface area contributed by atoms with Crippen LogP contribution in [0, 0.1) is 5.92 Å². The van der Waals surface area contributed by atoms with Crippen LogP contribution in [0.15, 0.2) is 33.9 Å². The fourth-order valence-electron chi connectivity index (χ4n) is 4.47. The minimum absolute atomic E-state index is 0.0217. The maximum atomic E-state index is 13.0. The van der Waals surface area contributed by atoms with Crippen molar-refractivity contribution in [2.24, 2.45) is 10.9 Å². The van der Waals surface area contributed by atoms with Gasteiger partial charge in [-0.25, -0.2) is 14.8 Å². The highest BCUT2D eigenvalue weighted by Crippen LogP contribution is 2.33. The molecule has 2 atom stereocenters. The number of piperidine rings is 1. The van der Waals surface area contributed by atoms with Gasteiger partial charge in [-0.15, -0.1) is 0 Å². The summed E-state index contributed by atoms with van der Waals surface area (Å²) in [4.78, 5) is 35.8. The van der Waals surface area contributed by atoms with Crippen LogP contribution in [0.4, 0.5) is 5.13 Å². The van der Waals surface area contributed by atoms with Gasteiger partial charge in [0, 0.05) is 31.6 Å². The highest BCUT2D eigenvalue weighted by Gasteiger charge is 2.33. The highest BCUT2D eigenvalue weighted by molar-refractivity contribution is 7.22. The number of amides is 1. The Bertz CT molecular complexity index is 1180. The molecule has 1 saturated heterocycles. The number of aromatic nitrogens is 1. The molecule has 3 heterocycles. The van der Waals surface area contributed by atoms with Crippen LogP contribution in [0.25, 0.3) is 10.2 Å². The Morgan fingerprint density at radius 1 is 1.31 bits per heavy atom. The third-order valence-electron chi connectivity index (χ3n) is 6.56. The van der Waals surface area contributed by atoms with Gasteiger partial charge >= 0.3 is 5.97 Å². The van der Waals surface area contributed by atoms with E-state index in [-0.39, 0.29) is 23.6 Å². The summed E-state index contributed by atoms with van der Waals surface area (Å²) in [6, 6.07) is 5.15. The first-order valence-electron chi connectivity index (χ1n) is 12.1. The van der Waals surface area contributed by atoms with E-state index >= 15 is 0 Å². The molecule has 8 nitrogen and oxygen atoms in total. The number of allylic oxidation sites excluding steroid dienone is 1. The number of benzene rings is 1. The van der Waals surface area contributed by atoms with Gasteiger partial charge in [-0.05, 0) is 49.4 Å². The van der Waals surface area contributed by atoms with Crippen LogP contribution in [0.3, 0.4) is 0 Å². The minimum Gasteiger partial charge on any atom is -0.478 e. The van der Waals surface area contributed by atoms with Crippen LogP contribution < -0.4 is 15.5 Å². The van der Waals surface area contributed by atoms with Crippen LogP contribution in [-0.4, -0.2) is 59.4 Å². The van der Waals surface area contributed by atoms with Gasteiger partial charge in [0.05, 0.1) is 15.8 Å². The Balaban J connectivity index is 1.49. The van der Waals surface area contributed by atoms with Gasteiger partial charge in [0.25, 0.3) is 5.91 Å². The SMILES string of the molecule is CCC1=C(Cl)N=C(C(=O)N[C@@H]2CCN(c3nc4cccc(C(=O)O)c4s3)C[C@@H]2NCCC(C)C)C1. The second kappa shape index (κ2) is 11.1. The standard InChI is InChI=1S/C25H32ClN5O3S/c1-4-15-12-19(28-22(15)26)23(32)29-17-9-11-31(13-20(17)27-10-8-14(2)3)25-30-18-7-5-6-16(24(33)34)21(18)35-25/h5-7,14,17,20,27H,4,8-13H2,1-3H3,(H,29,32)(H,33,34)/t17-,20+/m1/s1. The number of nitrogens with one attached hydrogen (secondary N) is 2. The summed E-state index contributed by atoms with van der Waals surface area (Å²) >= 11 is 7.60. The minimum atomic E-state index is -0.948. The lowest BCUT2D eigenvalue weighted by molar-refractivity contribution is -0.115. The first-order valence-corrected chi connectivity index (χ1v) is 13.3. The van der Waals surface area contributed by atoms with Crippen molar-refractivity contribution in [1.29, 1.82) is 0 Å². The average molecular weight is 518 g/mol. The molecular formula is C25H32ClN5O3S. The molecule has 1 amide bonds. The normalized spacial score (nSPS) is 20.6. The van der Waals surface area contributed by atoms with Gasteiger partial charge in [0.15, 0.2) is 5.13 Å². The van der Waals surface area contributed by atoms with Crippen molar-refractivity contribution in [3.8, 4) is 0 Å². The van der Waals surface area contributed by atoms with Crippen molar-refractivity contribution < 1.29 is 14.7 Å². The first-order chi connectivity index (χ1) is 16.8. The molecule has 0 aliphatic carbocycles. The van der Waals surface area contributed by atoms with Gasteiger partial charge in [-0.1, -0.05) is 49.8 Å². The number of halogens is 1. The van der Waals surface area contributed by atoms with Crippen molar-refractivity contribution in [2.75, 3.05) is 24.5 Å². The number of aromatic carboxylic acids is 1. The lowest BCUT2D eigenvalue weighted by Crippen LogP contribution is -2.60. The zero-order chi connectivity index (χ0) is 25.1. The van der Waals surface area contributed by atoms with E-state index in [9.17, 15) is 14.7 Å². The van der Waals surface area contributed by atoms with Gasteiger partial charge in [-0.3, -0.25) is 4.79 Å². The van der Waals surface area contributed by atoms with Crippen molar-refractivity contribution in [3.05, 3.63) is 34.5 Å². The average Bonchev–Trinajstić information content (AvgIpc) is 3.42. The maximum Gasteiger partial charge on any atom is 0.337 e. The largest absolute Gasteiger partial charge is 0.478 e. The maximum absolute atomic E-state index is 13.0. The van der Waals surface area contributed by atoms with Gasteiger partial charge in [0.1, 0.15) is 10.9 Å². The van der Waals surface area contributed by atoms with Crippen molar-refractivity contribution in [2.45, 2.75) is 58.5 Å². The first kappa shape index (κ1) is 25.6. The molecule has 0 radical (unpaired) electrons. The fourth-order valence-corrected chi connectivity index (χ4v) is 5.88. The number of carboxylic acids is 1. The monoisotopic (exact) mass is 517 g/mol. The zero-order valence-corrected chi connectivity index (χ0v) is 21.9. The molecule has 1 fully saturated rings. The van der Waals surface area contributed by atoms with Crippen molar-refractivity contribution in [1.82, 2.24) is 15.6 Å². The summed E-state index contributed by atoms with van der Waals surface area (Å²) in [5.74, 6) is -0.537. The lowest BCUT2D eigenvalue weighted by atomic mass is 9.98. The van der Waals surface area contributed by atoms with Crippen LogP contribution in [0.2, 0.25) is 0 Å². The second-order valence-electron chi connectivity index (χ2n) is 9.50. The molecule has 2 aliphatic rings. The summed E-state index contributed by atoms with van der Waals surface area (Å²) in [6.07, 6.45) is 3.06. The Kier molecular flexibility index (Phi) is 8.09. The molecule has 35 heavy (non-hydrogen) atoms. The number of fused-ring (bicyclic) bond motifs is 1. The quantitative estimate of drug-likeness (QED) is 0.426. The van der Waals surface area contributed by atoms with E-state index in [2.05, 4.69) is 34.4 Å². The fraction of sp³-hybridized carbons (Fsp3) is 0.520. The zero-order valence-electron chi connectivity index (χ0n) is 20.3. The van der Waals surface area contributed by atoms with Gasteiger partial charge in [0.2, 0.25) is 0 Å². The molecule has 0 saturated carbocycles. The molecule has 3 N–H and O–H groups in total. The molecule has 2 aliphatic heterocycles. The number of rotatable bonds is 9. The predicted molar refractivity (Wildman–Crippen MR) is 142 cm³/mol. The smallest absolute Gasteiger partial charge is 0.337 e. The molecule has 0 unspecified atom stereocenters. The molecule has 0 spiro atoms. The van der Waals surface area contributed by atoms with Crippen LogP contribution in [-0.2, 0) is 4.79 Å². The van der Waals surface area contributed by atoms with Crippen molar-refractivity contribution in [3.63, 3.8) is 0 Å². The van der Waals surface area contributed by atoms with E-state index in [1.165, 1.54) is 11.3 Å². The molecule has 1 aromatic heterocycles. The molecule has 4 rings (SSSR count). The molecule has 2 aromatic rings. The predicted octanol–water partition coefficient (Wildman–Crippen LogP) is 4.40. The number of carbonyl (C=O) groups excluding carboxylic acids is 1. The number of carboxylic acid groups (broad SMARTS) is 1. The summed E-state index contributed by atoms with van der Waals surface area (Å²) in [5.41, 5.74) is 2.44. The number of nitrogens with zero attached hydrogens (tertiary/aromatic N) is 3. The van der Waals surface area contributed by atoms with E-state index in [1.54, 1.807) is 12.1 Å². The third-order valence-corrected chi connectivity index (χ3v) is 8.07. The summed E-state index contributed by atoms with van der Waals surface area (Å²) in [6.45, 7) is 8.61. The molecule has 188 valence electrons. The van der Waals surface area contributed by atoms with Gasteiger partial charge in [-0.2, -0.15) is 0 Å². The Morgan fingerprint density at radius 3 is 2.80 bits per heavy atom. The molecule has 1 aromatic carbocycles. The Labute approximate surface area is 214 Å². The van der Waals surface area contributed by atoms with E-state index in [1.807, 2.05) is 13.0 Å². The Morgan fingerprint density at radius 2 is 2.11 bits per heavy atom. The van der Waals surface area contributed by atoms with Crippen LogP contribution in [0.5, 0.6) is 0 Å². The van der Waals surface area contributed by atoms with Crippen LogP contribution >= 0.6 is 22.9 Å². The summed E-state index contributed by atoms with van der Waals surface area (Å²) < 4.78 is 0.685. The number of hydrogen-bond acceptors (Lipinski definition) is 7. The number of carbonyl (C=O) groups is 2. The summed E-state index contributed by atoms with van der Waals surface area (Å²) in [5, 5.41) is 17.6. The third kappa shape index (κ3) is 5.85. The Hall–Kier alpha value is -2.49. The molecule has 10 heteroatoms. The van der Waals surface area contributed by atoms with Crippen molar-refractivity contribution >= 4 is 55.9 Å². The number of aliphatic imine (C=N–C) groups is 1. The number of thiazole rings is 1.